The Morgan fingerprint density at radius 1 is 1.31 bits per heavy atom. The van der Waals surface area contributed by atoms with Crippen LogP contribution in [0.15, 0.2) is 60.0 Å². The van der Waals surface area contributed by atoms with E-state index in [1.165, 1.54) is 40.6 Å². The van der Waals surface area contributed by atoms with Gasteiger partial charge in [0.25, 0.3) is 0 Å². The molecule has 0 saturated heterocycles. The average Bonchev–Trinajstić information content (AvgIpc) is 3.29. The van der Waals surface area contributed by atoms with Crippen molar-refractivity contribution in [1.82, 2.24) is 19.8 Å². The molecule has 0 radical (unpaired) electrons. The fraction of sp³-hybridized carbons (Fsp3) is 0.316. The number of benzene rings is 1. The minimum absolute atomic E-state index is 0.124. The van der Waals surface area contributed by atoms with Gasteiger partial charge in [-0.25, -0.2) is 22.8 Å². The summed E-state index contributed by atoms with van der Waals surface area (Å²) >= 11 is 0. The zero-order valence-corrected chi connectivity index (χ0v) is 15.5. The highest BCUT2D eigenvalue weighted by molar-refractivity contribution is 5.87. The number of allylic oxidation sites excluding steroid dienone is 2. The number of rotatable bonds is 5. The van der Waals surface area contributed by atoms with Gasteiger partial charge in [-0.1, -0.05) is 12.1 Å². The summed E-state index contributed by atoms with van der Waals surface area (Å²) in [6.07, 6.45) is 6.90. The first-order valence-corrected chi connectivity index (χ1v) is 8.98. The predicted molar refractivity (Wildman–Crippen MR) is 98.8 cm³/mol. The lowest BCUT2D eigenvalue weighted by Gasteiger charge is -2.41. The van der Waals surface area contributed by atoms with Gasteiger partial charge in [-0.2, -0.15) is 10.2 Å². The van der Waals surface area contributed by atoms with E-state index in [0.717, 1.165) is 6.07 Å². The van der Waals surface area contributed by atoms with E-state index >= 15 is 0 Å². The van der Waals surface area contributed by atoms with E-state index in [1.54, 1.807) is 13.0 Å². The lowest BCUT2D eigenvalue weighted by molar-refractivity contribution is -0.0687. The molecule has 1 aromatic heterocycles. The summed E-state index contributed by atoms with van der Waals surface area (Å²) in [6, 6.07) is 1.68. The lowest BCUT2D eigenvalue weighted by Crippen LogP contribution is -2.52. The molecular weight excluding hydrogens is 385 g/mol. The van der Waals surface area contributed by atoms with Crippen LogP contribution >= 0.6 is 0 Å². The van der Waals surface area contributed by atoms with Gasteiger partial charge in [0.05, 0.1) is 24.5 Å². The molecule has 4 rings (SSSR count). The van der Waals surface area contributed by atoms with Crippen molar-refractivity contribution in [3.8, 4) is 0 Å². The smallest absolute Gasteiger partial charge is 0.137 e. The Hall–Kier alpha value is -3.14. The van der Waals surface area contributed by atoms with Crippen LogP contribution in [0, 0.1) is 17.6 Å². The number of aromatic nitrogens is 3. The molecule has 0 amide bonds. The Balaban J connectivity index is 1.76. The average molecular weight is 404 g/mol. The van der Waals surface area contributed by atoms with Crippen LogP contribution in [0.2, 0.25) is 0 Å². The van der Waals surface area contributed by atoms with Crippen LogP contribution in [0.25, 0.3) is 0 Å². The van der Waals surface area contributed by atoms with E-state index < -0.39 is 41.1 Å². The zero-order chi connectivity index (χ0) is 20.8. The molecule has 1 aromatic carbocycles. The van der Waals surface area contributed by atoms with Crippen LogP contribution in [-0.2, 0) is 12.1 Å². The van der Waals surface area contributed by atoms with E-state index in [1.807, 2.05) is 0 Å². The summed E-state index contributed by atoms with van der Waals surface area (Å²) in [4.78, 5) is 3.84. The summed E-state index contributed by atoms with van der Waals surface area (Å²) in [6.45, 7) is 1.47. The van der Waals surface area contributed by atoms with Crippen LogP contribution in [-0.4, -0.2) is 42.8 Å². The summed E-state index contributed by atoms with van der Waals surface area (Å²) in [5.74, 6) is -2.42. The lowest BCUT2D eigenvalue weighted by atomic mass is 9.84. The van der Waals surface area contributed by atoms with Gasteiger partial charge in [-0.15, -0.1) is 0 Å². The fourth-order valence-corrected chi connectivity index (χ4v) is 3.82. The number of nitrogens with two attached hydrogens (primary N) is 1. The molecular formula is C19H19F3N6O. The summed E-state index contributed by atoms with van der Waals surface area (Å²) in [5, 5.41) is 21.5. The Labute approximate surface area is 164 Å². The first kappa shape index (κ1) is 19.2. The maximum atomic E-state index is 14.7. The topological polar surface area (TPSA) is 92.6 Å². The molecule has 7 nitrogen and oxygen atoms in total. The molecule has 152 valence electrons. The molecule has 4 atom stereocenters. The van der Waals surface area contributed by atoms with Crippen molar-refractivity contribution in [2.45, 2.75) is 31.2 Å². The second-order valence-corrected chi connectivity index (χ2v) is 7.15. The summed E-state index contributed by atoms with van der Waals surface area (Å²) in [7, 11) is 0. The second kappa shape index (κ2) is 7.03. The first-order valence-electron chi connectivity index (χ1n) is 8.98. The number of fused-ring (bicyclic) bond motifs is 1. The molecule has 29 heavy (non-hydrogen) atoms. The molecule has 0 bridgehead atoms. The minimum Gasteiger partial charge on any atom is -0.385 e. The molecule has 3 N–H and O–H groups in total. The zero-order valence-electron chi connectivity index (χ0n) is 15.5. The summed E-state index contributed by atoms with van der Waals surface area (Å²) in [5.41, 5.74) is 3.98. The largest absolute Gasteiger partial charge is 0.385 e. The van der Waals surface area contributed by atoms with E-state index in [-0.39, 0.29) is 17.9 Å². The van der Waals surface area contributed by atoms with Gasteiger partial charge < -0.3 is 10.8 Å². The van der Waals surface area contributed by atoms with Crippen molar-refractivity contribution in [2.75, 3.05) is 0 Å². The van der Waals surface area contributed by atoms with Gasteiger partial charge in [0.1, 0.15) is 41.6 Å². The number of hydrazone groups is 1. The number of aliphatic hydroxyl groups is 1. The maximum Gasteiger partial charge on any atom is 0.137 e. The summed E-state index contributed by atoms with van der Waals surface area (Å²) < 4.78 is 43.2. The molecule has 2 aromatic rings. The van der Waals surface area contributed by atoms with E-state index in [0.29, 0.717) is 6.07 Å². The van der Waals surface area contributed by atoms with Gasteiger partial charge in [0.2, 0.25) is 0 Å². The van der Waals surface area contributed by atoms with Gasteiger partial charge in [0, 0.05) is 11.6 Å². The van der Waals surface area contributed by atoms with E-state index in [9.17, 15) is 18.3 Å². The third kappa shape index (κ3) is 3.29. The molecule has 0 spiro atoms. The quantitative estimate of drug-likeness (QED) is 0.793. The molecule has 2 unspecified atom stereocenters. The van der Waals surface area contributed by atoms with Gasteiger partial charge in [-0.05, 0) is 25.1 Å². The van der Waals surface area contributed by atoms with Crippen molar-refractivity contribution in [1.29, 1.82) is 0 Å². The SMILES string of the molecule is C[C@@H](N1N=C(N)C2C=C(F)C=CC21)[C@](O)(Cn1cncn1)c1ccc(F)cc1F. The van der Waals surface area contributed by atoms with E-state index in [2.05, 4.69) is 15.2 Å². The highest BCUT2D eigenvalue weighted by atomic mass is 19.1. The Bertz CT molecular complexity index is 1010. The number of halogens is 3. The second-order valence-electron chi connectivity index (χ2n) is 7.15. The highest BCUT2D eigenvalue weighted by Gasteiger charge is 2.47. The highest BCUT2D eigenvalue weighted by Crippen LogP contribution is 2.38. The van der Waals surface area contributed by atoms with E-state index in [4.69, 9.17) is 5.73 Å². The molecule has 2 aliphatic rings. The monoisotopic (exact) mass is 404 g/mol. The normalized spacial score (nSPS) is 24.0. The van der Waals surface area contributed by atoms with Crippen molar-refractivity contribution in [3.63, 3.8) is 0 Å². The molecule has 0 fully saturated rings. The molecule has 0 saturated carbocycles. The fourth-order valence-electron chi connectivity index (χ4n) is 3.82. The standard InChI is InChI=1S/C19H19F3N6O/c1-11(28-17-5-3-12(20)6-14(17)18(23)26-28)19(29,8-27-10-24-9-25-27)15-4-2-13(21)7-16(15)22/h2-7,9-11,14,17,29H,8H2,1H3,(H2,23,26)/t11-,14?,17?,19-/m1/s1. The minimum atomic E-state index is -1.88. The molecule has 10 heteroatoms. The molecule has 1 aliphatic heterocycles. The molecule has 2 heterocycles. The number of hydrogen-bond donors (Lipinski definition) is 2. The van der Waals surface area contributed by atoms with Crippen LogP contribution in [0.3, 0.4) is 0 Å². The number of amidine groups is 1. The Morgan fingerprint density at radius 2 is 2.10 bits per heavy atom. The van der Waals surface area contributed by atoms with Gasteiger partial charge >= 0.3 is 0 Å². The Morgan fingerprint density at radius 3 is 2.79 bits per heavy atom. The first-order chi connectivity index (χ1) is 13.8. The molecule has 1 aliphatic carbocycles. The predicted octanol–water partition coefficient (Wildman–Crippen LogP) is 1.83. The number of hydrogen-bond acceptors (Lipinski definition) is 6. The van der Waals surface area contributed by atoms with Crippen LogP contribution in [0.5, 0.6) is 0 Å². The van der Waals surface area contributed by atoms with Crippen LogP contribution in [0.1, 0.15) is 12.5 Å². The van der Waals surface area contributed by atoms with Crippen molar-refractivity contribution < 1.29 is 18.3 Å². The Kier molecular flexibility index (Phi) is 4.65. The van der Waals surface area contributed by atoms with Gasteiger partial charge in [0.15, 0.2) is 0 Å². The maximum absolute atomic E-state index is 14.7. The number of nitrogens with zero attached hydrogens (tertiary/aromatic N) is 5. The van der Waals surface area contributed by atoms with Crippen molar-refractivity contribution in [2.24, 2.45) is 16.8 Å². The third-order valence-electron chi connectivity index (χ3n) is 5.39. The van der Waals surface area contributed by atoms with Crippen molar-refractivity contribution >= 4 is 5.84 Å². The van der Waals surface area contributed by atoms with Crippen molar-refractivity contribution in [3.05, 3.63) is 72.1 Å². The third-order valence-corrected chi connectivity index (χ3v) is 5.39. The van der Waals surface area contributed by atoms with Gasteiger partial charge in [-0.3, -0.25) is 5.01 Å². The van der Waals surface area contributed by atoms with Crippen LogP contribution in [0.4, 0.5) is 13.2 Å². The van der Waals surface area contributed by atoms with Crippen LogP contribution < -0.4 is 5.73 Å².